The number of nitrogens with zero attached hydrogens (tertiary/aromatic N) is 2. The summed E-state index contributed by atoms with van der Waals surface area (Å²) in [5, 5.41) is 0.0295. The van der Waals surface area contributed by atoms with E-state index in [9.17, 15) is 9.18 Å². The van der Waals surface area contributed by atoms with Gasteiger partial charge in [0.05, 0.1) is 5.02 Å². The molecule has 0 bridgehead atoms. The summed E-state index contributed by atoms with van der Waals surface area (Å²) in [4.78, 5) is 21.2. The summed E-state index contributed by atoms with van der Waals surface area (Å²) in [7, 11) is 0. The minimum absolute atomic E-state index is 0.0295. The number of halogens is 2. The molecule has 2 heterocycles. The van der Waals surface area contributed by atoms with Gasteiger partial charge in [0, 0.05) is 35.9 Å². The number of hydrogen-bond donors (Lipinski definition) is 0. The van der Waals surface area contributed by atoms with Gasteiger partial charge in [-0.2, -0.15) is 0 Å². The maximum absolute atomic E-state index is 13.2. The quantitative estimate of drug-likeness (QED) is 0.787. The Morgan fingerprint density at radius 3 is 2.91 bits per heavy atom. The van der Waals surface area contributed by atoms with Gasteiger partial charge in [0.15, 0.2) is 11.6 Å². The average Bonchev–Trinajstić information content (AvgIpc) is 2.94. The molecule has 0 aliphatic carbocycles. The van der Waals surface area contributed by atoms with Gasteiger partial charge >= 0.3 is 0 Å². The smallest absolute Gasteiger partial charge is 0.167 e. The van der Waals surface area contributed by atoms with Crippen molar-refractivity contribution in [1.29, 1.82) is 0 Å². The molecular formula is C17H14ClFN2O. The van der Waals surface area contributed by atoms with Crippen molar-refractivity contribution < 1.29 is 9.18 Å². The lowest BCUT2D eigenvalue weighted by Gasteiger charge is -2.07. The maximum Gasteiger partial charge on any atom is 0.167 e. The second-order valence-electron chi connectivity index (χ2n) is 5.22. The number of hydrogen-bond acceptors (Lipinski definition) is 3. The van der Waals surface area contributed by atoms with Crippen LogP contribution in [0.2, 0.25) is 5.02 Å². The molecule has 0 saturated carbocycles. The van der Waals surface area contributed by atoms with Gasteiger partial charge in [-0.05, 0) is 30.2 Å². The molecule has 0 radical (unpaired) electrons. The summed E-state index contributed by atoms with van der Waals surface area (Å²) in [6, 6.07) is 6.07. The number of ketones is 1. The number of rotatable bonds is 4. The number of carbonyl (C=O) groups is 1. The van der Waals surface area contributed by atoms with E-state index in [1.54, 1.807) is 18.3 Å². The molecule has 1 aromatic carbocycles. The van der Waals surface area contributed by atoms with E-state index < -0.39 is 5.82 Å². The van der Waals surface area contributed by atoms with Crippen molar-refractivity contribution in [2.45, 2.75) is 26.2 Å². The zero-order valence-electron chi connectivity index (χ0n) is 12.1. The highest BCUT2D eigenvalue weighted by Gasteiger charge is 2.21. The summed E-state index contributed by atoms with van der Waals surface area (Å²) in [5.74, 6) is 0.123. The van der Waals surface area contributed by atoms with Gasteiger partial charge in [0.1, 0.15) is 5.82 Å². The van der Waals surface area contributed by atoms with Crippen LogP contribution in [0.3, 0.4) is 0 Å². The predicted molar refractivity (Wildman–Crippen MR) is 84.8 cm³/mol. The third-order valence-corrected chi connectivity index (χ3v) is 4.02. The molecule has 2 aromatic rings. The van der Waals surface area contributed by atoms with Crippen LogP contribution in [0.5, 0.6) is 0 Å². The lowest BCUT2D eigenvalue weighted by Crippen LogP contribution is -2.08. The minimum Gasteiger partial charge on any atom is -0.294 e. The van der Waals surface area contributed by atoms with E-state index >= 15 is 0 Å². The second-order valence-corrected chi connectivity index (χ2v) is 5.62. The lowest BCUT2D eigenvalue weighted by molar-refractivity contribution is 0.0992. The van der Waals surface area contributed by atoms with E-state index in [0.29, 0.717) is 23.4 Å². The Bertz CT molecular complexity index is 786. The van der Waals surface area contributed by atoms with E-state index in [0.717, 1.165) is 17.7 Å². The Morgan fingerprint density at radius 2 is 2.18 bits per heavy atom. The summed E-state index contributed by atoms with van der Waals surface area (Å²) >= 11 is 5.76. The number of aromatic nitrogens is 1. The second kappa shape index (κ2) is 5.97. The van der Waals surface area contributed by atoms with Gasteiger partial charge in [-0.15, -0.1) is 0 Å². The number of Topliss-reactive ketones (excluding diaryl/α,β-unsaturated/α-hetero) is 1. The van der Waals surface area contributed by atoms with E-state index in [4.69, 9.17) is 11.6 Å². The standard InChI is InChI=1S/C17H14ClFN2O/c1-2-11-9-13-12(5-6-20-17(13)21-11)16(22)8-10-3-4-15(19)14(18)7-10/h3-7H,2,8-9H2,1H3. The first kappa shape index (κ1) is 14.9. The van der Waals surface area contributed by atoms with Gasteiger partial charge in [-0.1, -0.05) is 24.6 Å². The largest absolute Gasteiger partial charge is 0.294 e. The van der Waals surface area contributed by atoms with E-state index in [1.165, 1.54) is 12.1 Å². The topological polar surface area (TPSA) is 42.3 Å². The summed E-state index contributed by atoms with van der Waals surface area (Å²) in [6.07, 6.45) is 3.30. The van der Waals surface area contributed by atoms with Crippen LogP contribution < -0.4 is 0 Å². The first-order valence-corrected chi connectivity index (χ1v) is 7.47. The SMILES string of the molecule is CCC1=Nc2nccc(C(=O)Cc3ccc(F)c(Cl)c3)c2C1. The molecule has 5 heteroatoms. The van der Waals surface area contributed by atoms with Crippen molar-refractivity contribution in [3.05, 3.63) is 58.0 Å². The molecule has 22 heavy (non-hydrogen) atoms. The zero-order valence-corrected chi connectivity index (χ0v) is 12.8. The van der Waals surface area contributed by atoms with Crippen molar-refractivity contribution in [2.24, 2.45) is 4.99 Å². The van der Waals surface area contributed by atoms with Crippen molar-refractivity contribution in [1.82, 2.24) is 4.98 Å². The normalized spacial score (nSPS) is 13.0. The number of aliphatic imine (C=N–C) groups is 1. The van der Waals surface area contributed by atoms with Crippen molar-refractivity contribution >= 4 is 28.9 Å². The molecule has 0 fully saturated rings. The number of pyridine rings is 1. The Kier molecular flexibility index (Phi) is 4.03. The fourth-order valence-electron chi connectivity index (χ4n) is 2.54. The van der Waals surface area contributed by atoms with Crippen LogP contribution >= 0.6 is 11.6 Å². The summed E-state index contributed by atoms with van der Waals surface area (Å²) < 4.78 is 13.2. The monoisotopic (exact) mass is 316 g/mol. The average molecular weight is 317 g/mol. The van der Waals surface area contributed by atoms with E-state index in [2.05, 4.69) is 9.98 Å². The van der Waals surface area contributed by atoms with E-state index in [1.807, 2.05) is 6.92 Å². The van der Waals surface area contributed by atoms with Crippen LogP contribution in [-0.4, -0.2) is 16.5 Å². The third kappa shape index (κ3) is 2.79. The molecule has 1 aromatic heterocycles. The molecule has 0 amide bonds. The summed E-state index contributed by atoms with van der Waals surface area (Å²) in [5.41, 5.74) is 3.25. The molecule has 112 valence electrons. The Labute approximate surface area is 132 Å². The van der Waals surface area contributed by atoms with Gasteiger partial charge < -0.3 is 0 Å². The van der Waals surface area contributed by atoms with Crippen LogP contribution in [0.4, 0.5) is 10.2 Å². The highest BCUT2D eigenvalue weighted by molar-refractivity contribution is 6.30. The van der Waals surface area contributed by atoms with Crippen LogP contribution in [-0.2, 0) is 12.8 Å². The lowest BCUT2D eigenvalue weighted by atomic mass is 9.97. The first-order valence-electron chi connectivity index (χ1n) is 7.10. The van der Waals surface area contributed by atoms with Crippen LogP contribution in [0.15, 0.2) is 35.5 Å². The fourth-order valence-corrected chi connectivity index (χ4v) is 2.74. The molecule has 3 rings (SSSR count). The maximum atomic E-state index is 13.2. The predicted octanol–water partition coefficient (Wildman–Crippen LogP) is 4.34. The van der Waals surface area contributed by atoms with Crippen LogP contribution in [0, 0.1) is 5.82 Å². The third-order valence-electron chi connectivity index (χ3n) is 3.74. The molecule has 0 saturated heterocycles. The first-order chi connectivity index (χ1) is 10.6. The summed E-state index contributed by atoms with van der Waals surface area (Å²) in [6.45, 7) is 2.03. The molecule has 0 atom stereocenters. The molecule has 0 spiro atoms. The van der Waals surface area contributed by atoms with Crippen molar-refractivity contribution in [3.63, 3.8) is 0 Å². The molecule has 1 aliphatic heterocycles. The van der Waals surface area contributed by atoms with Crippen LogP contribution in [0.25, 0.3) is 0 Å². The van der Waals surface area contributed by atoms with Crippen molar-refractivity contribution in [2.75, 3.05) is 0 Å². The number of benzene rings is 1. The highest BCUT2D eigenvalue weighted by Crippen LogP contribution is 2.29. The number of fused-ring (bicyclic) bond motifs is 1. The molecular weight excluding hydrogens is 303 g/mol. The minimum atomic E-state index is -0.483. The van der Waals surface area contributed by atoms with Gasteiger partial charge in [-0.25, -0.2) is 14.4 Å². The van der Waals surface area contributed by atoms with Crippen molar-refractivity contribution in [3.8, 4) is 0 Å². The molecule has 0 N–H and O–H groups in total. The van der Waals surface area contributed by atoms with Gasteiger partial charge in [-0.3, -0.25) is 4.79 Å². The van der Waals surface area contributed by atoms with E-state index in [-0.39, 0.29) is 17.2 Å². The molecule has 1 aliphatic rings. The highest BCUT2D eigenvalue weighted by atomic mass is 35.5. The number of carbonyl (C=O) groups excluding carboxylic acids is 1. The Hall–Kier alpha value is -2.07. The zero-order chi connectivity index (χ0) is 15.7. The molecule has 0 unspecified atom stereocenters. The van der Waals surface area contributed by atoms with Crippen LogP contribution in [0.1, 0.15) is 34.8 Å². The fraction of sp³-hybridized carbons (Fsp3) is 0.235. The molecule has 3 nitrogen and oxygen atoms in total. The Balaban J connectivity index is 1.86. The van der Waals surface area contributed by atoms with Gasteiger partial charge in [0.25, 0.3) is 0 Å². The Morgan fingerprint density at radius 1 is 1.36 bits per heavy atom. The van der Waals surface area contributed by atoms with Gasteiger partial charge in [0.2, 0.25) is 0 Å².